The van der Waals surface area contributed by atoms with E-state index in [0.29, 0.717) is 19.2 Å². The highest BCUT2D eigenvalue weighted by molar-refractivity contribution is 7.16. The molecule has 7 nitrogen and oxygen atoms in total. The lowest BCUT2D eigenvalue weighted by molar-refractivity contribution is 0.0892. The van der Waals surface area contributed by atoms with Crippen molar-refractivity contribution in [3.8, 4) is 11.6 Å². The van der Waals surface area contributed by atoms with Crippen molar-refractivity contribution in [3.63, 3.8) is 0 Å². The molecule has 0 saturated heterocycles. The highest BCUT2D eigenvalue weighted by Gasteiger charge is 2.15. The molecule has 0 saturated carbocycles. The molecule has 4 rings (SSSR count). The first kappa shape index (κ1) is 21.5. The van der Waals surface area contributed by atoms with Gasteiger partial charge in [-0.2, -0.15) is 5.10 Å². The van der Waals surface area contributed by atoms with E-state index in [2.05, 4.69) is 42.2 Å². The quantitative estimate of drug-likeness (QED) is 0.322. The third-order valence-electron chi connectivity index (χ3n) is 5.27. The molecular formula is C22H26N4O3SSi. The molecule has 1 unspecified atom stereocenters. The van der Waals surface area contributed by atoms with Gasteiger partial charge in [0.15, 0.2) is 5.82 Å². The smallest absolute Gasteiger partial charge is 0.310 e. The number of pyridine rings is 1. The molecular weight excluding hydrogens is 428 g/mol. The first-order valence-electron chi connectivity index (χ1n) is 10.3. The van der Waals surface area contributed by atoms with Crippen LogP contribution in [-0.4, -0.2) is 39.8 Å². The number of ether oxygens (including phenoxy) is 1. The van der Waals surface area contributed by atoms with Crippen LogP contribution in [0.25, 0.3) is 16.0 Å². The molecule has 0 amide bonds. The van der Waals surface area contributed by atoms with Crippen LogP contribution in [0.4, 0.5) is 0 Å². The average Bonchev–Trinajstić information content (AvgIpc) is 3.35. The van der Waals surface area contributed by atoms with Crippen LogP contribution < -0.4 is 4.87 Å². The van der Waals surface area contributed by atoms with E-state index < -0.39 is 8.80 Å². The van der Waals surface area contributed by atoms with E-state index in [-0.39, 0.29) is 16.5 Å². The molecule has 0 bridgehead atoms. The van der Waals surface area contributed by atoms with Crippen molar-refractivity contribution in [3.05, 3.63) is 69.7 Å². The largest absolute Gasteiger partial charge is 0.506 e. The molecule has 3 heterocycles. The van der Waals surface area contributed by atoms with E-state index in [1.807, 2.05) is 18.3 Å². The van der Waals surface area contributed by atoms with Crippen molar-refractivity contribution in [2.75, 3.05) is 6.61 Å². The van der Waals surface area contributed by atoms with E-state index in [0.717, 1.165) is 27.5 Å². The van der Waals surface area contributed by atoms with Crippen molar-refractivity contribution in [1.82, 2.24) is 19.3 Å². The Kier molecular flexibility index (Phi) is 6.35. The number of fused-ring (bicyclic) bond motifs is 1. The molecule has 31 heavy (non-hydrogen) atoms. The van der Waals surface area contributed by atoms with E-state index in [9.17, 15) is 9.90 Å². The first-order chi connectivity index (χ1) is 14.9. The third kappa shape index (κ3) is 4.78. The Balaban J connectivity index is 1.53. The second kappa shape index (κ2) is 9.17. The molecule has 0 aliphatic rings. The third-order valence-corrected chi connectivity index (χ3v) is 7.60. The van der Waals surface area contributed by atoms with Gasteiger partial charge in [0, 0.05) is 27.5 Å². The van der Waals surface area contributed by atoms with Crippen molar-refractivity contribution in [2.45, 2.75) is 38.7 Å². The zero-order valence-electron chi connectivity index (χ0n) is 17.9. The maximum Gasteiger partial charge on any atom is 0.310 e. The maximum atomic E-state index is 12.5. The zero-order valence-corrected chi connectivity index (χ0v) is 19.8. The Bertz CT molecular complexity index is 1230. The van der Waals surface area contributed by atoms with Crippen molar-refractivity contribution in [2.24, 2.45) is 0 Å². The number of nitrogens with zero attached hydrogens (tertiary/aromatic N) is 4. The summed E-state index contributed by atoms with van der Waals surface area (Å²) in [4.78, 5) is 16.7. The van der Waals surface area contributed by atoms with Crippen molar-refractivity contribution < 1.29 is 9.84 Å². The fourth-order valence-electron chi connectivity index (χ4n) is 3.33. The average molecular weight is 455 g/mol. The van der Waals surface area contributed by atoms with Gasteiger partial charge in [-0.25, -0.2) is 9.67 Å². The second-order valence-corrected chi connectivity index (χ2v) is 12.4. The lowest BCUT2D eigenvalue weighted by Crippen LogP contribution is -2.16. The van der Waals surface area contributed by atoms with Gasteiger partial charge >= 0.3 is 4.87 Å². The molecule has 162 valence electrons. The van der Waals surface area contributed by atoms with Gasteiger partial charge in [0.25, 0.3) is 0 Å². The summed E-state index contributed by atoms with van der Waals surface area (Å²) in [5.41, 5.74) is 2.91. The molecule has 0 spiro atoms. The number of benzene rings is 1. The van der Waals surface area contributed by atoms with Gasteiger partial charge in [-0.1, -0.05) is 37.4 Å². The number of hydrogen-bond donors (Lipinski definition) is 1. The van der Waals surface area contributed by atoms with Gasteiger partial charge < -0.3 is 9.84 Å². The molecule has 0 fully saturated rings. The SMILES string of the molecule is CC(c1ccc2c(c1)sc(=O)n2COCC[SiH](C)C)c1ccn(-c2ccc(O)cn2)n1. The molecule has 9 heteroatoms. The van der Waals surface area contributed by atoms with Gasteiger partial charge in [-0.05, 0) is 41.9 Å². The van der Waals surface area contributed by atoms with Crippen LogP contribution in [0.2, 0.25) is 19.1 Å². The normalized spacial score (nSPS) is 12.6. The van der Waals surface area contributed by atoms with Gasteiger partial charge in [-0.3, -0.25) is 9.36 Å². The molecule has 0 aliphatic carbocycles. The zero-order chi connectivity index (χ0) is 22.0. The summed E-state index contributed by atoms with van der Waals surface area (Å²) in [6.45, 7) is 7.70. The summed E-state index contributed by atoms with van der Waals surface area (Å²) >= 11 is 1.25. The van der Waals surface area contributed by atoms with E-state index >= 15 is 0 Å². The summed E-state index contributed by atoms with van der Waals surface area (Å²) in [5.74, 6) is 0.818. The number of thiazole rings is 1. The molecule has 4 aromatic rings. The second-order valence-electron chi connectivity index (χ2n) is 8.02. The lowest BCUT2D eigenvalue weighted by Gasteiger charge is -2.10. The van der Waals surface area contributed by atoms with Crippen LogP contribution in [0.15, 0.2) is 53.6 Å². The first-order valence-corrected chi connectivity index (χ1v) is 14.3. The number of aromatic hydroxyl groups is 1. The fraction of sp³-hybridized carbons (Fsp3) is 0.318. The summed E-state index contributed by atoms with van der Waals surface area (Å²) in [7, 11) is -0.644. The Labute approximate surface area is 186 Å². The van der Waals surface area contributed by atoms with Gasteiger partial charge in [-0.15, -0.1) is 0 Å². The van der Waals surface area contributed by atoms with Crippen molar-refractivity contribution in [1.29, 1.82) is 0 Å². The number of hydrogen-bond acceptors (Lipinski definition) is 6. The van der Waals surface area contributed by atoms with Gasteiger partial charge in [0.1, 0.15) is 12.5 Å². The Morgan fingerprint density at radius 2 is 2.06 bits per heavy atom. The minimum absolute atomic E-state index is 0.00396. The van der Waals surface area contributed by atoms with Gasteiger partial charge in [0.05, 0.1) is 22.1 Å². The van der Waals surface area contributed by atoms with Crippen LogP contribution in [-0.2, 0) is 11.5 Å². The summed E-state index contributed by atoms with van der Waals surface area (Å²) < 4.78 is 10.1. The minimum Gasteiger partial charge on any atom is -0.506 e. The van der Waals surface area contributed by atoms with Gasteiger partial charge in [0.2, 0.25) is 0 Å². The van der Waals surface area contributed by atoms with E-state index in [4.69, 9.17) is 4.74 Å². The van der Waals surface area contributed by atoms with E-state index in [1.54, 1.807) is 21.4 Å². The Morgan fingerprint density at radius 3 is 2.81 bits per heavy atom. The predicted octanol–water partition coefficient (Wildman–Crippen LogP) is 3.96. The number of aromatic nitrogens is 4. The molecule has 0 radical (unpaired) electrons. The van der Waals surface area contributed by atoms with Crippen LogP contribution in [0.1, 0.15) is 24.1 Å². The Hall–Kier alpha value is -2.75. The van der Waals surface area contributed by atoms with E-state index in [1.165, 1.54) is 17.5 Å². The molecule has 1 N–H and O–H groups in total. The molecule has 1 aromatic carbocycles. The minimum atomic E-state index is -0.644. The van der Waals surface area contributed by atoms with Crippen LogP contribution in [0, 0.1) is 0 Å². The maximum absolute atomic E-state index is 12.5. The standard InChI is InChI=1S/C22H26N4O3SSi/c1-15(18-8-9-26(24-18)21-7-5-17(27)13-23-21)16-4-6-19-20(12-16)30-22(28)25(19)14-29-10-11-31(2)3/h4-9,12-13,15,27,31H,10-11,14H2,1-3H3. The predicted molar refractivity (Wildman–Crippen MR) is 126 cm³/mol. The Morgan fingerprint density at radius 1 is 1.23 bits per heavy atom. The highest BCUT2D eigenvalue weighted by atomic mass is 32.1. The molecule has 0 aliphatic heterocycles. The monoisotopic (exact) mass is 454 g/mol. The summed E-state index contributed by atoms with van der Waals surface area (Å²) in [6, 6.07) is 12.5. The fourth-order valence-corrected chi connectivity index (χ4v) is 4.90. The molecule has 3 aromatic heterocycles. The summed E-state index contributed by atoms with van der Waals surface area (Å²) in [5, 5.41) is 14.1. The van der Waals surface area contributed by atoms with Crippen LogP contribution in [0.5, 0.6) is 5.75 Å². The summed E-state index contributed by atoms with van der Waals surface area (Å²) in [6.07, 6.45) is 3.25. The van der Waals surface area contributed by atoms with Crippen LogP contribution in [0.3, 0.4) is 0 Å². The van der Waals surface area contributed by atoms with Crippen molar-refractivity contribution >= 4 is 30.4 Å². The topological polar surface area (TPSA) is 82.2 Å². The molecule has 1 atom stereocenters. The van der Waals surface area contributed by atoms with Crippen LogP contribution >= 0.6 is 11.3 Å². The number of rotatable bonds is 8. The highest BCUT2D eigenvalue weighted by Crippen LogP contribution is 2.28. The lowest BCUT2D eigenvalue weighted by atomic mass is 9.98.